The molecule has 0 spiro atoms. The molecule has 2 aliphatic heterocycles. The van der Waals surface area contributed by atoms with Gasteiger partial charge in [0.25, 0.3) is 11.8 Å². The van der Waals surface area contributed by atoms with Crippen LogP contribution in [-0.2, 0) is 16.1 Å². The number of hydrogen-bond acceptors (Lipinski definition) is 5. The van der Waals surface area contributed by atoms with E-state index < -0.39 is 0 Å². The van der Waals surface area contributed by atoms with Gasteiger partial charge < -0.3 is 10.1 Å². The minimum atomic E-state index is -0.151. The first-order chi connectivity index (χ1) is 16.7. The Hall–Kier alpha value is -3.81. The lowest BCUT2D eigenvalue weighted by Gasteiger charge is -2.30. The molecule has 7 heteroatoms. The van der Waals surface area contributed by atoms with E-state index in [4.69, 9.17) is 4.74 Å². The van der Waals surface area contributed by atoms with Crippen LogP contribution in [0.25, 0.3) is 0 Å². The van der Waals surface area contributed by atoms with Gasteiger partial charge in [-0.25, -0.2) is 4.99 Å². The number of amides is 2. The van der Waals surface area contributed by atoms with E-state index in [9.17, 15) is 9.59 Å². The van der Waals surface area contributed by atoms with Gasteiger partial charge in [-0.2, -0.15) is 0 Å². The Morgan fingerprint density at radius 3 is 2.38 bits per heavy atom. The Morgan fingerprint density at radius 1 is 0.912 bits per heavy atom. The molecular formula is C27H26N4O3. The van der Waals surface area contributed by atoms with Gasteiger partial charge >= 0.3 is 0 Å². The highest BCUT2D eigenvalue weighted by atomic mass is 16.5. The molecule has 0 saturated carbocycles. The van der Waals surface area contributed by atoms with E-state index in [1.54, 1.807) is 29.2 Å². The third-order valence-corrected chi connectivity index (χ3v) is 6.01. The first-order valence-electron chi connectivity index (χ1n) is 11.4. The zero-order valence-corrected chi connectivity index (χ0v) is 18.8. The van der Waals surface area contributed by atoms with Crippen LogP contribution in [-0.4, -0.2) is 55.4 Å². The van der Waals surface area contributed by atoms with Crippen molar-refractivity contribution in [1.82, 2.24) is 10.2 Å². The Labute approximate surface area is 198 Å². The molecule has 0 radical (unpaired) electrons. The molecule has 3 aromatic rings. The van der Waals surface area contributed by atoms with Gasteiger partial charge in [-0.05, 0) is 35.9 Å². The van der Waals surface area contributed by atoms with Crippen molar-refractivity contribution in [2.45, 2.75) is 6.54 Å². The highest BCUT2D eigenvalue weighted by Gasteiger charge is 2.34. The van der Waals surface area contributed by atoms with Gasteiger partial charge in [0, 0.05) is 30.8 Å². The molecule has 2 heterocycles. The molecule has 1 fully saturated rings. The maximum atomic E-state index is 13.3. The summed E-state index contributed by atoms with van der Waals surface area (Å²) < 4.78 is 5.43. The largest absolute Gasteiger partial charge is 0.379 e. The van der Waals surface area contributed by atoms with E-state index in [0.717, 1.165) is 29.9 Å². The van der Waals surface area contributed by atoms with Crippen molar-refractivity contribution in [2.24, 2.45) is 4.99 Å². The number of rotatable bonds is 6. The molecule has 0 unspecified atom stereocenters. The molecule has 0 atom stereocenters. The van der Waals surface area contributed by atoms with E-state index in [2.05, 4.69) is 15.2 Å². The number of para-hydroxylation sites is 1. The topological polar surface area (TPSA) is 74.2 Å². The smallest absolute Gasteiger partial charge is 0.278 e. The molecule has 1 saturated heterocycles. The van der Waals surface area contributed by atoms with Crippen LogP contribution in [0.4, 0.5) is 11.4 Å². The number of ether oxygens (including phenoxy) is 1. The van der Waals surface area contributed by atoms with Crippen molar-refractivity contribution < 1.29 is 14.3 Å². The molecule has 0 aliphatic carbocycles. The summed E-state index contributed by atoms with van der Waals surface area (Å²) in [5.41, 5.74) is 4.34. The van der Waals surface area contributed by atoms with Crippen LogP contribution in [0.1, 0.15) is 21.5 Å². The summed E-state index contributed by atoms with van der Waals surface area (Å²) in [5, 5.41) is 2.92. The van der Waals surface area contributed by atoms with Crippen LogP contribution >= 0.6 is 0 Å². The number of benzene rings is 3. The fourth-order valence-corrected chi connectivity index (χ4v) is 4.15. The zero-order valence-electron chi connectivity index (χ0n) is 18.8. The number of nitrogens with one attached hydrogen (secondary N) is 1. The number of carbonyl (C=O) groups is 2. The number of fused-ring (bicyclic) bond motifs is 1. The summed E-state index contributed by atoms with van der Waals surface area (Å²) in [4.78, 5) is 34.5. The number of nitrogens with zero attached hydrogens (tertiary/aromatic N) is 3. The van der Waals surface area contributed by atoms with Gasteiger partial charge in [-0.1, -0.05) is 48.5 Å². The minimum absolute atomic E-state index is 0.114. The zero-order chi connectivity index (χ0) is 23.3. The quantitative estimate of drug-likeness (QED) is 0.620. The molecule has 2 amide bonds. The van der Waals surface area contributed by atoms with Gasteiger partial charge in [0.05, 0.1) is 31.3 Å². The standard InChI is InChI=1S/C27H26N4O3/c32-26(28-18-20-6-2-1-3-7-20)21-10-12-22(13-11-21)29-25-23-8-4-5-9-24(23)31(27(25)33)19-30-14-16-34-17-15-30/h1-13H,14-19H2,(H,28,32). The lowest BCUT2D eigenvalue weighted by Crippen LogP contribution is -2.45. The maximum absolute atomic E-state index is 13.3. The van der Waals surface area contributed by atoms with Crippen LogP contribution < -0.4 is 10.2 Å². The summed E-state index contributed by atoms with van der Waals surface area (Å²) in [6.45, 7) is 3.93. The van der Waals surface area contributed by atoms with Crippen LogP contribution in [0.5, 0.6) is 0 Å². The van der Waals surface area contributed by atoms with Crippen LogP contribution in [0, 0.1) is 0 Å². The summed E-state index contributed by atoms with van der Waals surface area (Å²) in [5.74, 6) is -0.264. The lowest BCUT2D eigenvalue weighted by atomic mass is 10.1. The maximum Gasteiger partial charge on any atom is 0.278 e. The van der Waals surface area contributed by atoms with Gasteiger partial charge in [0.2, 0.25) is 0 Å². The second kappa shape index (κ2) is 9.99. The van der Waals surface area contributed by atoms with Gasteiger partial charge in [-0.3, -0.25) is 19.4 Å². The van der Waals surface area contributed by atoms with Crippen molar-refractivity contribution in [3.63, 3.8) is 0 Å². The third kappa shape index (κ3) is 4.76. The summed E-state index contributed by atoms with van der Waals surface area (Å²) in [6.07, 6.45) is 0. The van der Waals surface area contributed by atoms with E-state index in [1.807, 2.05) is 54.6 Å². The van der Waals surface area contributed by atoms with Crippen molar-refractivity contribution in [3.05, 3.63) is 95.6 Å². The molecular weight excluding hydrogens is 428 g/mol. The molecule has 172 valence electrons. The van der Waals surface area contributed by atoms with Crippen LogP contribution in [0.2, 0.25) is 0 Å². The monoisotopic (exact) mass is 454 g/mol. The van der Waals surface area contributed by atoms with Crippen molar-refractivity contribution in [2.75, 3.05) is 37.9 Å². The predicted octanol–water partition coefficient (Wildman–Crippen LogP) is 3.37. The first-order valence-corrected chi connectivity index (χ1v) is 11.4. The van der Waals surface area contributed by atoms with Gasteiger partial charge in [0.15, 0.2) is 0 Å². The predicted molar refractivity (Wildman–Crippen MR) is 131 cm³/mol. The normalized spacial score (nSPS) is 17.1. The summed E-state index contributed by atoms with van der Waals surface area (Å²) in [7, 11) is 0. The van der Waals surface area contributed by atoms with Gasteiger partial charge in [0.1, 0.15) is 5.71 Å². The molecule has 34 heavy (non-hydrogen) atoms. The summed E-state index contributed by atoms with van der Waals surface area (Å²) >= 11 is 0. The highest BCUT2D eigenvalue weighted by molar-refractivity contribution is 6.54. The van der Waals surface area contributed by atoms with E-state index in [1.165, 1.54) is 0 Å². The average molecular weight is 455 g/mol. The average Bonchev–Trinajstić information content (AvgIpc) is 3.15. The molecule has 0 aromatic heterocycles. The Bertz CT molecular complexity index is 1200. The highest BCUT2D eigenvalue weighted by Crippen LogP contribution is 2.31. The second-order valence-electron chi connectivity index (χ2n) is 8.30. The Morgan fingerprint density at radius 2 is 1.62 bits per heavy atom. The first kappa shape index (κ1) is 22.0. The molecule has 3 aromatic carbocycles. The van der Waals surface area contributed by atoms with Crippen molar-refractivity contribution in [1.29, 1.82) is 0 Å². The molecule has 0 bridgehead atoms. The SMILES string of the molecule is O=C(NCc1ccccc1)c1ccc(N=C2C(=O)N(CN3CCOCC3)c3ccccc32)cc1. The number of morpholine rings is 1. The minimum Gasteiger partial charge on any atom is -0.379 e. The molecule has 7 nitrogen and oxygen atoms in total. The van der Waals surface area contributed by atoms with Crippen LogP contribution in [0.15, 0.2) is 83.9 Å². The summed E-state index contributed by atoms with van der Waals surface area (Å²) in [6, 6.07) is 24.5. The van der Waals surface area contributed by atoms with E-state index in [0.29, 0.717) is 43.4 Å². The second-order valence-corrected chi connectivity index (χ2v) is 8.30. The van der Waals surface area contributed by atoms with Gasteiger partial charge in [-0.15, -0.1) is 0 Å². The van der Waals surface area contributed by atoms with Crippen molar-refractivity contribution >= 4 is 28.9 Å². The Balaban J connectivity index is 1.31. The lowest BCUT2D eigenvalue weighted by molar-refractivity contribution is -0.112. The fourth-order valence-electron chi connectivity index (χ4n) is 4.15. The molecule has 5 rings (SSSR count). The molecule has 1 N–H and O–H groups in total. The van der Waals surface area contributed by atoms with Crippen molar-refractivity contribution in [3.8, 4) is 0 Å². The number of carbonyl (C=O) groups excluding carboxylic acids is 2. The molecule has 2 aliphatic rings. The van der Waals surface area contributed by atoms with E-state index in [-0.39, 0.29) is 11.8 Å². The number of aliphatic imine (C=N–C) groups is 1. The van der Waals surface area contributed by atoms with Crippen LogP contribution in [0.3, 0.4) is 0 Å². The Kier molecular flexibility index (Phi) is 6.46. The number of anilines is 1. The third-order valence-electron chi connectivity index (χ3n) is 6.01. The van der Waals surface area contributed by atoms with E-state index >= 15 is 0 Å². The fraction of sp³-hybridized carbons (Fsp3) is 0.222. The number of hydrogen-bond donors (Lipinski definition) is 1.